The fraction of sp³-hybridized carbons (Fsp3) is 0.591. The summed E-state index contributed by atoms with van der Waals surface area (Å²) in [4.78, 5) is 43.0. The van der Waals surface area contributed by atoms with Gasteiger partial charge in [0, 0.05) is 51.0 Å². The van der Waals surface area contributed by atoms with Gasteiger partial charge in [-0.15, -0.1) is 0 Å². The summed E-state index contributed by atoms with van der Waals surface area (Å²) < 4.78 is 6.50. The van der Waals surface area contributed by atoms with Crippen molar-refractivity contribution >= 4 is 17.8 Å². The van der Waals surface area contributed by atoms with Gasteiger partial charge < -0.3 is 19.9 Å². The van der Waals surface area contributed by atoms with Gasteiger partial charge in [0.1, 0.15) is 16.9 Å². The smallest absolute Gasteiger partial charge is 0.325 e. The summed E-state index contributed by atoms with van der Waals surface area (Å²) in [6.45, 7) is 6.24. The number of ether oxygens (including phenoxy) is 1. The molecule has 0 atom stereocenters. The minimum atomic E-state index is -0.923. The molecule has 2 fully saturated rings. The predicted molar refractivity (Wildman–Crippen MR) is 111 cm³/mol. The molecule has 2 saturated heterocycles. The number of carbonyl (C=O) groups is 3. The van der Waals surface area contributed by atoms with E-state index in [-0.39, 0.29) is 24.8 Å². The van der Waals surface area contributed by atoms with Crippen LogP contribution in [0.3, 0.4) is 0 Å². The standard InChI is InChI=1S/C22H30N4O4/c1-21(2)19(28)26(20(29)23-21)11-8-18(27)25-14-16-6-4-5-7-17(16)30-22(15-25)9-12-24(3)13-10-22/h4-7H,8-15H2,1-3H3,(H,23,29). The Morgan fingerprint density at radius 3 is 2.53 bits per heavy atom. The average molecular weight is 415 g/mol. The van der Waals surface area contributed by atoms with Gasteiger partial charge in [-0.1, -0.05) is 18.2 Å². The lowest BCUT2D eigenvalue weighted by molar-refractivity contribution is -0.136. The number of amides is 4. The van der Waals surface area contributed by atoms with Crippen molar-refractivity contribution in [3.8, 4) is 5.75 Å². The largest absolute Gasteiger partial charge is 0.485 e. The van der Waals surface area contributed by atoms with Gasteiger partial charge >= 0.3 is 6.03 Å². The molecule has 1 spiro atoms. The quantitative estimate of drug-likeness (QED) is 0.760. The van der Waals surface area contributed by atoms with E-state index in [4.69, 9.17) is 4.74 Å². The van der Waals surface area contributed by atoms with Crippen molar-refractivity contribution in [2.45, 2.75) is 50.8 Å². The van der Waals surface area contributed by atoms with E-state index < -0.39 is 17.2 Å². The van der Waals surface area contributed by atoms with Crippen LogP contribution in [0.2, 0.25) is 0 Å². The van der Waals surface area contributed by atoms with Crippen molar-refractivity contribution in [1.82, 2.24) is 20.0 Å². The molecule has 4 rings (SSSR count). The molecule has 0 aliphatic carbocycles. The molecule has 0 aromatic heterocycles. The summed E-state index contributed by atoms with van der Waals surface area (Å²) >= 11 is 0. The summed E-state index contributed by atoms with van der Waals surface area (Å²) in [5, 5.41) is 2.66. The first-order valence-corrected chi connectivity index (χ1v) is 10.6. The number of piperidine rings is 1. The van der Waals surface area contributed by atoms with Crippen molar-refractivity contribution in [2.75, 3.05) is 33.2 Å². The molecule has 3 aliphatic heterocycles. The number of urea groups is 1. The lowest BCUT2D eigenvalue weighted by atomic mass is 9.90. The Balaban J connectivity index is 1.50. The first-order valence-electron chi connectivity index (χ1n) is 10.6. The molecular weight excluding hydrogens is 384 g/mol. The van der Waals surface area contributed by atoms with E-state index in [1.54, 1.807) is 13.8 Å². The molecule has 0 saturated carbocycles. The Labute approximate surface area is 177 Å². The Hall–Kier alpha value is -2.61. The summed E-state index contributed by atoms with van der Waals surface area (Å²) in [6, 6.07) is 7.43. The van der Waals surface area contributed by atoms with Crippen molar-refractivity contribution in [2.24, 2.45) is 0 Å². The van der Waals surface area contributed by atoms with Crippen LogP contribution in [-0.4, -0.2) is 76.9 Å². The maximum atomic E-state index is 13.2. The van der Waals surface area contributed by atoms with Crippen molar-refractivity contribution in [1.29, 1.82) is 0 Å². The van der Waals surface area contributed by atoms with Crippen LogP contribution in [0.15, 0.2) is 24.3 Å². The van der Waals surface area contributed by atoms with Gasteiger partial charge in [0.2, 0.25) is 5.91 Å². The normalized spacial score (nSPS) is 23.0. The zero-order valence-electron chi connectivity index (χ0n) is 17.9. The molecule has 30 heavy (non-hydrogen) atoms. The third kappa shape index (κ3) is 3.88. The fourth-order valence-corrected chi connectivity index (χ4v) is 4.46. The van der Waals surface area contributed by atoms with Crippen LogP contribution in [0.1, 0.15) is 38.7 Å². The zero-order valence-corrected chi connectivity index (χ0v) is 17.9. The first kappa shape index (κ1) is 20.7. The number of nitrogens with one attached hydrogen (secondary N) is 1. The van der Waals surface area contributed by atoms with E-state index in [1.165, 1.54) is 0 Å². The van der Waals surface area contributed by atoms with Gasteiger partial charge in [-0.05, 0) is 27.0 Å². The van der Waals surface area contributed by atoms with Crippen LogP contribution in [0.4, 0.5) is 4.79 Å². The molecule has 0 radical (unpaired) electrons. The van der Waals surface area contributed by atoms with Gasteiger partial charge in [-0.25, -0.2) is 4.79 Å². The van der Waals surface area contributed by atoms with Gasteiger partial charge in [-0.3, -0.25) is 14.5 Å². The summed E-state index contributed by atoms with van der Waals surface area (Å²) in [5.74, 6) is 0.476. The van der Waals surface area contributed by atoms with Crippen LogP contribution in [0, 0.1) is 0 Å². The van der Waals surface area contributed by atoms with E-state index in [0.29, 0.717) is 13.1 Å². The van der Waals surface area contributed by atoms with Crippen LogP contribution >= 0.6 is 0 Å². The summed E-state index contributed by atoms with van der Waals surface area (Å²) in [5.41, 5.74) is -0.344. The van der Waals surface area contributed by atoms with Crippen molar-refractivity contribution < 1.29 is 19.1 Å². The zero-order chi connectivity index (χ0) is 21.5. The maximum absolute atomic E-state index is 13.2. The number of rotatable bonds is 3. The highest BCUT2D eigenvalue weighted by atomic mass is 16.5. The molecule has 1 aromatic rings. The lowest BCUT2D eigenvalue weighted by Crippen LogP contribution is -2.53. The van der Waals surface area contributed by atoms with Crippen LogP contribution in [-0.2, 0) is 16.1 Å². The highest BCUT2D eigenvalue weighted by Crippen LogP contribution is 2.35. The number of imide groups is 1. The second kappa shape index (κ2) is 7.58. The molecular formula is C22H30N4O4. The molecule has 1 N–H and O–H groups in total. The average Bonchev–Trinajstić information content (AvgIpc) is 2.82. The number of carbonyl (C=O) groups excluding carboxylic acids is 3. The van der Waals surface area contributed by atoms with E-state index in [0.717, 1.165) is 42.1 Å². The van der Waals surface area contributed by atoms with Crippen LogP contribution in [0.25, 0.3) is 0 Å². The van der Waals surface area contributed by atoms with Gasteiger partial charge in [0.25, 0.3) is 5.91 Å². The fourth-order valence-electron chi connectivity index (χ4n) is 4.46. The molecule has 1 aromatic carbocycles. The number of likely N-dealkylation sites (tertiary alicyclic amines) is 1. The van der Waals surface area contributed by atoms with Crippen molar-refractivity contribution in [3.05, 3.63) is 29.8 Å². The number of hydrogen-bond acceptors (Lipinski definition) is 5. The Morgan fingerprint density at radius 2 is 1.87 bits per heavy atom. The number of fused-ring (bicyclic) bond motifs is 1. The van der Waals surface area contributed by atoms with Gasteiger partial charge in [0.15, 0.2) is 0 Å². The predicted octanol–water partition coefficient (Wildman–Crippen LogP) is 1.59. The second-order valence-electron chi connectivity index (χ2n) is 9.21. The third-order valence-electron chi connectivity index (χ3n) is 6.38. The topological polar surface area (TPSA) is 82.2 Å². The molecule has 0 unspecified atom stereocenters. The second-order valence-corrected chi connectivity index (χ2v) is 9.21. The SMILES string of the molecule is CN1CCC2(CC1)CN(C(=O)CCN1C(=O)NC(C)(C)C1=O)Cc1ccccc1O2. The minimum absolute atomic E-state index is 0.0705. The van der Waals surface area contributed by atoms with E-state index in [9.17, 15) is 14.4 Å². The van der Waals surface area contributed by atoms with Crippen LogP contribution < -0.4 is 10.1 Å². The van der Waals surface area contributed by atoms with E-state index in [1.807, 2.05) is 29.2 Å². The monoisotopic (exact) mass is 414 g/mol. The number of hydrogen-bond donors (Lipinski definition) is 1. The lowest BCUT2D eigenvalue weighted by Gasteiger charge is -2.41. The molecule has 0 bridgehead atoms. The van der Waals surface area contributed by atoms with Gasteiger partial charge in [-0.2, -0.15) is 0 Å². The molecule has 8 nitrogen and oxygen atoms in total. The summed E-state index contributed by atoms with van der Waals surface area (Å²) in [7, 11) is 2.10. The van der Waals surface area contributed by atoms with Gasteiger partial charge in [0.05, 0.1) is 6.54 Å². The van der Waals surface area contributed by atoms with Crippen LogP contribution in [0.5, 0.6) is 5.75 Å². The Kier molecular flexibility index (Phi) is 5.22. The van der Waals surface area contributed by atoms with E-state index >= 15 is 0 Å². The molecule has 3 aliphatic rings. The highest BCUT2D eigenvalue weighted by Gasteiger charge is 2.45. The minimum Gasteiger partial charge on any atom is -0.485 e. The number of nitrogens with zero attached hydrogens (tertiary/aromatic N) is 3. The first-order chi connectivity index (χ1) is 14.2. The molecule has 3 heterocycles. The third-order valence-corrected chi connectivity index (χ3v) is 6.38. The number of para-hydroxylation sites is 1. The van der Waals surface area contributed by atoms with E-state index in [2.05, 4.69) is 17.3 Å². The Bertz CT molecular complexity index is 860. The highest BCUT2D eigenvalue weighted by molar-refractivity contribution is 6.06. The summed E-state index contributed by atoms with van der Waals surface area (Å²) in [6.07, 6.45) is 1.80. The number of benzene rings is 1. The molecule has 8 heteroatoms. The van der Waals surface area contributed by atoms with Crippen molar-refractivity contribution in [3.63, 3.8) is 0 Å². The Morgan fingerprint density at radius 1 is 1.17 bits per heavy atom. The maximum Gasteiger partial charge on any atom is 0.325 e. The molecule has 162 valence electrons. The molecule has 4 amide bonds.